The van der Waals surface area contributed by atoms with Gasteiger partial charge in [0.25, 0.3) is 0 Å². The first kappa shape index (κ1) is 22.4. The molecule has 0 radical (unpaired) electrons. The van der Waals surface area contributed by atoms with Crippen molar-refractivity contribution in [3.8, 4) is 0 Å². The summed E-state index contributed by atoms with van der Waals surface area (Å²) in [6, 6.07) is 0. The normalized spacial score (nSPS) is 45.3. The van der Waals surface area contributed by atoms with Crippen LogP contribution in [0.2, 0.25) is 0 Å². The highest BCUT2D eigenvalue weighted by molar-refractivity contribution is 5.25. The fourth-order valence-electron chi connectivity index (χ4n) is 8.64. The van der Waals surface area contributed by atoms with Crippen LogP contribution in [0.5, 0.6) is 0 Å². The van der Waals surface area contributed by atoms with Crippen LogP contribution in [0, 0.1) is 46.3 Å². The van der Waals surface area contributed by atoms with Crippen molar-refractivity contribution in [1.82, 2.24) is 0 Å². The van der Waals surface area contributed by atoms with E-state index in [1.165, 1.54) is 44.1 Å². The van der Waals surface area contributed by atoms with E-state index < -0.39 is 0 Å². The summed E-state index contributed by atoms with van der Waals surface area (Å²) < 4.78 is 0. The van der Waals surface area contributed by atoms with Crippen LogP contribution in [0.15, 0.2) is 36.0 Å². The van der Waals surface area contributed by atoms with E-state index in [2.05, 4.69) is 59.4 Å². The van der Waals surface area contributed by atoms with E-state index in [0.717, 1.165) is 42.9 Å². The standard InChI is InChI=1S/C29H46O/c1-7-21(19(2)3)9-8-20(4)25-12-13-26-24-11-10-22-18-23(30)14-16-28(22,5)27(24)15-17-29(25,26)6/h8-10,20-21,23-27,30H,2,7,11-18H2,1,3-6H3/b9-8+/t20-,21+,23+,24+,25-,26+,27+,28+,29-/m1/s1/i3+1. The highest BCUT2D eigenvalue weighted by Gasteiger charge is 2.58. The summed E-state index contributed by atoms with van der Waals surface area (Å²) in [7, 11) is 0. The van der Waals surface area contributed by atoms with Crippen LogP contribution >= 0.6 is 0 Å². The lowest BCUT2D eigenvalue weighted by atomic mass is 9.47. The van der Waals surface area contributed by atoms with Crippen molar-refractivity contribution in [2.45, 2.75) is 98.5 Å². The predicted octanol–water partition coefficient (Wildman–Crippen LogP) is 7.72. The molecule has 1 nitrogen and oxygen atoms in total. The van der Waals surface area contributed by atoms with E-state index in [1.54, 1.807) is 5.57 Å². The highest BCUT2D eigenvalue weighted by atomic mass is 16.3. The number of hydrogen-bond acceptors (Lipinski definition) is 1. The summed E-state index contributed by atoms with van der Waals surface area (Å²) in [4.78, 5) is 0. The van der Waals surface area contributed by atoms with Crippen molar-refractivity contribution in [3.63, 3.8) is 0 Å². The molecule has 0 amide bonds. The Kier molecular flexibility index (Phi) is 6.17. The molecule has 0 bridgehead atoms. The van der Waals surface area contributed by atoms with E-state index in [1.807, 2.05) is 0 Å². The molecule has 1 heteroatoms. The van der Waals surface area contributed by atoms with Gasteiger partial charge in [0.05, 0.1) is 6.10 Å². The quantitative estimate of drug-likeness (QED) is 0.362. The molecule has 0 spiro atoms. The Labute approximate surface area is 186 Å². The Hall–Kier alpha value is -0.820. The molecule has 0 unspecified atom stereocenters. The molecule has 0 aromatic carbocycles. The van der Waals surface area contributed by atoms with E-state index in [9.17, 15) is 5.11 Å². The molecule has 0 aromatic rings. The number of fused-ring (bicyclic) bond motifs is 5. The van der Waals surface area contributed by atoms with Crippen LogP contribution in [0.4, 0.5) is 0 Å². The van der Waals surface area contributed by atoms with Gasteiger partial charge in [-0.1, -0.05) is 63.6 Å². The van der Waals surface area contributed by atoms with Crippen LogP contribution in [0.3, 0.4) is 0 Å². The maximum atomic E-state index is 10.2. The van der Waals surface area contributed by atoms with E-state index in [0.29, 0.717) is 22.7 Å². The third-order valence-electron chi connectivity index (χ3n) is 10.5. The number of aliphatic hydroxyl groups is 1. The van der Waals surface area contributed by atoms with E-state index >= 15 is 0 Å². The zero-order chi connectivity index (χ0) is 21.7. The SMILES string of the molecule is C=C([13CH3])[C@H](/C=C/[C@@H](C)[C@H]1CC[C@H]2[C@@H]3CC=C4C[C@@H](O)CC[C@]4(C)[C@H]3CC[C@]12C)CC. The number of aliphatic hydroxyl groups excluding tert-OH is 1. The maximum absolute atomic E-state index is 10.2. The highest BCUT2D eigenvalue weighted by Crippen LogP contribution is 2.67. The molecule has 1 N–H and O–H groups in total. The largest absolute Gasteiger partial charge is 0.393 e. The smallest absolute Gasteiger partial charge is 0.0577 e. The van der Waals surface area contributed by atoms with E-state index in [4.69, 9.17) is 0 Å². The van der Waals surface area contributed by atoms with Gasteiger partial charge in [0.1, 0.15) is 0 Å². The van der Waals surface area contributed by atoms with Crippen molar-refractivity contribution >= 4 is 0 Å². The number of hydrogen-bond donors (Lipinski definition) is 1. The summed E-state index contributed by atoms with van der Waals surface area (Å²) in [5.41, 5.74) is 3.77. The Morgan fingerprint density at radius 1 is 1.17 bits per heavy atom. The second kappa shape index (κ2) is 8.27. The fourth-order valence-corrected chi connectivity index (χ4v) is 8.64. The molecule has 30 heavy (non-hydrogen) atoms. The second-order valence-corrected chi connectivity index (χ2v) is 12.0. The molecule has 168 valence electrons. The van der Waals surface area contributed by atoms with Gasteiger partial charge in [0.2, 0.25) is 0 Å². The Balaban J connectivity index is 1.53. The Bertz CT molecular complexity index is 716. The van der Waals surface area contributed by atoms with Crippen LogP contribution in [0.1, 0.15) is 92.4 Å². The first-order valence-electron chi connectivity index (χ1n) is 12.9. The van der Waals surface area contributed by atoms with Crippen LogP contribution in [-0.4, -0.2) is 11.2 Å². The minimum Gasteiger partial charge on any atom is -0.393 e. The van der Waals surface area contributed by atoms with Crippen LogP contribution < -0.4 is 0 Å². The van der Waals surface area contributed by atoms with Crippen LogP contribution in [-0.2, 0) is 0 Å². The molecule has 0 heterocycles. The topological polar surface area (TPSA) is 20.2 Å². The molecule has 4 aliphatic carbocycles. The van der Waals surface area contributed by atoms with Gasteiger partial charge >= 0.3 is 0 Å². The molecule has 4 rings (SSSR count). The summed E-state index contributed by atoms with van der Waals surface area (Å²) in [5.74, 6) is 4.64. The van der Waals surface area contributed by atoms with Crippen molar-refractivity contribution in [2.75, 3.05) is 0 Å². The molecular formula is C29H46O. The minimum absolute atomic E-state index is 0.0932. The Morgan fingerprint density at radius 2 is 1.93 bits per heavy atom. The number of allylic oxidation sites excluding steroid dienone is 4. The summed E-state index contributed by atoms with van der Waals surface area (Å²) in [6.45, 7) is 16.3. The van der Waals surface area contributed by atoms with Gasteiger partial charge in [0, 0.05) is 0 Å². The van der Waals surface area contributed by atoms with E-state index in [-0.39, 0.29) is 6.10 Å². The fraction of sp³-hybridized carbons (Fsp3) is 0.793. The molecule has 0 saturated heterocycles. The first-order chi connectivity index (χ1) is 14.2. The third-order valence-corrected chi connectivity index (χ3v) is 10.5. The molecule has 0 aromatic heterocycles. The van der Waals surface area contributed by atoms with Crippen molar-refractivity contribution in [3.05, 3.63) is 36.0 Å². The molecule has 3 fully saturated rings. The van der Waals surface area contributed by atoms with Gasteiger partial charge in [-0.15, -0.1) is 0 Å². The van der Waals surface area contributed by atoms with Crippen molar-refractivity contribution < 1.29 is 5.11 Å². The zero-order valence-electron chi connectivity index (χ0n) is 20.3. The maximum Gasteiger partial charge on any atom is 0.0577 e. The van der Waals surface area contributed by atoms with Crippen molar-refractivity contribution in [2.24, 2.45) is 46.3 Å². The Morgan fingerprint density at radius 3 is 2.63 bits per heavy atom. The molecule has 4 aliphatic rings. The number of rotatable bonds is 5. The molecule has 0 aliphatic heterocycles. The summed E-state index contributed by atoms with van der Waals surface area (Å²) in [6.07, 6.45) is 18.7. The van der Waals surface area contributed by atoms with Gasteiger partial charge in [-0.05, 0) is 111 Å². The lowest BCUT2D eigenvalue weighted by Crippen LogP contribution is -2.50. The van der Waals surface area contributed by atoms with Gasteiger partial charge in [0.15, 0.2) is 0 Å². The minimum atomic E-state index is -0.0932. The average Bonchev–Trinajstić information content (AvgIpc) is 3.06. The molecular weight excluding hydrogens is 365 g/mol. The van der Waals surface area contributed by atoms with Crippen LogP contribution in [0.25, 0.3) is 0 Å². The molecule has 3 saturated carbocycles. The monoisotopic (exact) mass is 411 g/mol. The summed E-state index contributed by atoms with van der Waals surface area (Å²) in [5, 5.41) is 10.2. The summed E-state index contributed by atoms with van der Waals surface area (Å²) >= 11 is 0. The van der Waals surface area contributed by atoms with Gasteiger partial charge in [-0.3, -0.25) is 0 Å². The van der Waals surface area contributed by atoms with Crippen molar-refractivity contribution in [1.29, 1.82) is 0 Å². The third kappa shape index (κ3) is 3.58. The zero-order valence-corrected chi connectivity index (χ0v) is 20.3. The molecule has 9 atom stereocenters. The first-order valence-corrected chi connectivity index (χ1v) is 12.9. The van der Waals surface area contributed by atoms with Gasteiger partial charge in [-0.25, -0.2) is 0 Å². The lowest BCUT2D eigenvalue weighted by molar-refractivity contribution is -0.0540. The predicted molar refractivity (Wildman–Crippen MR) is 128 cm³/mol. The average molecular weight is 412 g/mol. The lowest BCUT2D eigenvalue weighted by Gasteiger charge is -2.58. The van der Waals surface area contributed by atoms with Gasteiger partial charge in [-0.2, -0.15) is 0 Å². The second-order valence-electron chi connectivity index (χ2n) is 12.0. The van der Waals surface area contributed by atoms with Gasteiger partial charge < -0.3 is 5.11 Å².